The quantitative estimate of drug-likeness (QED) is 0.0548. The maximum absolute atomic E-state index is 12.7. The van der Waals surface area contributed by atoms with Gasteiger partial charge in [0, 0.05) is 6.42 Å². The first-order valence-corrected chi connectivity index (χ1v) is 19.8. The van der Waals surface area contributed by atoms with Crippen molar-refractivity contribution < 1.29 is 9.59 Å². The van der Waals surface area contributed by atoms with Crippen LogP contribution in [0.4, 0.5) is 0 Å². The lowest BCUT2D eigenvalue weighted by atomic mass is 9.88. The third-order valence-electron chi connectivity index (χ3n) is 9.58. The number of carbonyl (C=O) groups is 2. The summed E-state index contributed by atoms with van der Waals surface area (Å²) in [5.74, 6) is -0.383. The summed E-state index contributed by atoms with van der Waals surface area (Å²) in [4.78, 5) is 25.1. The summed E-state index contributed by atoms with van der Waals surface area (Å²) in [6, 6.07) is 0. The summed E-state index contributed by atoms with van der Waals surface area (Å²) in [6.07, 6.45) is 43.9. The number of hydrogen-bond donors (Lipinski definition) is 2. The lowest BCUT2D eigenvalue weighted by Crippen LogP contribution is -2.57. The highest BCUT2D eigenvalue weighted by molar-refractivity contribution is 5.90. The minimum atomic E-state index is -0.876. The van der Waals surface area contributed by atoms with Gasteiger partial charge in [-0.15, -0.1) is 0 Å². The van der Waals surface area contributed by atoms with Gasteiger partial charge in [0.1, 0.15) is 5.54 Å². The number of carbonyl (C=O) groups excluding carboxylic acids is 2. The van der Waals surface area contributed by atoms with E-state index in [1.165, 1.54) is 161 Å². The Morgan fingerprint density at radius 3 is 1.20 bits per heavy atom. The SMILES string of the molecule is CCCCCCCCC=CCCCCCCCCCCCC(=O)NC(CC)(CCCCCCCCCCCCCC)C(N)=O. The van der Waals surface area contributed by atoms with Crippen LogP contribution >= 0.6 is 0 Å². The molecule has 0 spiro atoms. The van der Waals surface area contributed by atoms with Gasteiger partial charge in [-0.1, -0.05) is 187 Å². The molecule has 260 valence electrons. The van der Waals surface area contributed by atoms with Gasteiger partial charge in [0.15, 0.2) is 0 Å². The Labute approximate surface area is 275 Å². The van der Waals surface area contributed by atoms with E-state index in [4.69, 9.17) is 5.73 Å². The Bertz CT molecular complexity index is 662. The van der Waals surface area contributed by atoms with Crippen LogP contribution in [-0.2, 0) is 9.59 Å². The number of rotatable bonds is 35. The molecule has 0 rings (SSSR count). The highest BCUT2D eigenvalue weighted by atomic mass is 16.2. The molecule has 1 atom stereocenters. The second-order valence-electron chi connectivity index (χ2n) is 13.7. The lowest BCUT2D eigenvalue weighted by molar-refractivity contribution is -0.132. The van der Waals surface area contributed by atoms with Crippen LogP contribution in [0.3, 0.4) is 0 Å². The molecule has 4 nitrogen and oxygen atoms in total. The van der Waals surface area contributed by atoms with Crippen LogP contribution in [0.1, 0.15) is 226 Å². The Hall–Kier alpha value is -1.32. The normalized spacial score (nSPS) is 13.0. The van der Waals surface area contributed by atoms with Gasteiger partial charge in [0.25, 0.3) is 0 Å². The van der Waals surface area contributed by atoms with Gasteiger partial charge in [-0.2, -0.15) is 0 Å². The molecule has 0 fully saturated rings. The molecule has 0 aliphatic carbocycles. The summed E-state index contributed by atoms with van der Waals surface area (Å²) in [5, 5.41) is 3.06. The molecule has 0 aromatic rings. The standard InChI is InChI=1S/C40H78N2O2/c1-4-7-9-11-13-15-17-19-20-21-22-23-24-25-26-28-30-32-34-36-38(43)42-40(6-3,39(41)44)37-35-33-31-29-27-18-16-14-12-10-8-5-2/h19-20H,4-18,21-37H2,1-3H3,(H2,41,44)(H,42,43). The lowest BCUT2D eigenvalue weighted by Gasteiger charge is -2.31. The molecule has 3 N–H and O–H groups in total. The van der Waals surface area contributed by atoms with Gasteiger partial charge in [-0.05, 0) is 44.9 Å². The molecule has 0 radical (unpaired) electrons. The molecule has 0 saturated heterocycles. The van der Waals surface area contributed by atoms with Crippen molar-refractivity contribution >= 4 is 11.8 Å². The van der Waals surface area contributed by atoms with Crippen LogP contribution in [0.5, 0.6) is 0 Å². The molecule has 4 heteroatoms. The monoisotopic (exact) mass is 619 g/mol. The fourth-order valence-corrected chi connectivity index (χ4v) is 6.35. The number of nitrogens with two attached hydrogens (primary N) is 1. The molecule has 0 aromatic carbocycles. The molecular weight excluding hydrogens is 540 g/mol. The maximum Gasteiger partial charge on any atom is 0.243 e. The van der Waals surface area contributed by atoms with Crippen LogP contribution < -0.4 is 11.1 Å². The smallest absolute Gasteiger partial charge is 0.243 e. The maximum atomic E-state index is 12.7. The van der Waals surface area contributed by atoms with Gasteiger partial charge in [-0.25, -0.2) is 0 Å². The highest BCUT2D eigenvalue weighted by Crippen LogP contribution is 2.21. The van der Waals surface area contributed by atoms with E-state index in [1.54, 1.807) is 0 Å². The molecule has 0 aliphatic heterocycles. The Balaban J connectivity index is 3.76. The molecule has 0 saturated carbocycles. The second-order valence-corrected chi connectivity index (χ2v) is 13.7. The molecule has 1 unspecified atom stereocenters. The Morgan fingerprint density at radius 1 is 0.500 bits per heavy atom. The van der Waals surface area contributed by atoms with Crippen LogP contribution in [0.15, 0.2) is 12.2 Å². The first kappa shape index (κ1) is 42.7. The summed E-state index contributed by atoms with van der Waals surface area (Å²) < 4.78 is 0. The van der Waals surface area contributed by atoms with E-state index in [9.17, 15) is 9.59 Å². The van der Waals surface area contributed by atoms with Gasteiger partial charge >= 0.3 is 0 Å². The fraction of sp³-hybridized carbons (Fsp3) is 0.900. The van der Waals surface area contributed by atoms with Gasteiger partial charge < -0.3 is 11.1 Å². The summed E-state index contributed by atoms with van der Waals surface area (Å²) in [5.41, 5.74) is 4.94. The van der Waals surface area contributed by atoms with Crippen molar-refractivity contribution in [1.29, 1.82) is 0 Å². The first-order chi connectivity index (χ1) is 21.5. The average molecular weight is 619 g/mol. The van der Waals surface area contributed by atoms with E-state index in [2.05, 4.69) is 31.3 Å². The predicted molar refractivity (Wildman–Crippen MR) is 194 cm³/mol. The number of hydrogen-bond acceptors (Lipinski definition) is 2. The third-order valence-corrected chi connectivity index (χ3v) is 9.58. The van der Waals surface area contributed by atoms with E-state index in [-0.39, 0.29) is 11.8 Å². The molecule has 2 amide bonds. The molecular formula is C40H78N2O2. The van der Waals surface area contributed by atoms with Crippen molar-refractivity contribution in [3.63, 3.8) is 0 Å². The fourth-order valence-electron chi connectivity index (χ4n) is 6.35. The summed E-state index contributed by atoms with van der Waals surface area (Å²) in [7, 11) is 0. The van der Waals surface area contributed by atoms with Crippen molar-refractivity contribution in [2.75, 3.05) is 0 Å². The van der Waals surface area contributed by atoms with E-state index in [0.717, 1.165) is 25.7 Å². The topological polar surface area (TPSA) is 72.2 Å². The number of allylic oxidation sites excluding steroid dienone is 2. The number of nitrogens with one attached hydrogen (secondary N) is 1. The average Bonchev–Trinajstić information content (AvgIpc) is 3.02. The van der Waals surface area contributed by atoms with E-state index >= 15 is 0 Å². The number of primary amides is 1. The van der Waals surface area contributed by atoms with Crippen molar-refractivity contribution in [3.05, 3.63) is 12.2 Å². The number of amides is 2. The van der Waals surface area contributed by atoms with E-state index in [1.807, 2.05) is 6.92 Å². The van der Waals surface area contributed by atoms with Crippen molar-refractivity contribution in [2.24, 2.45) is 5.73 Å². The number of unbranched alkanes of at least 4 members (excludes halogenated alkanes) is 26. The Morgan fingerprint density at radius 2 is 0.841 bits per heavy atom. The zero-order chi connectivity index (χ0) is 32.4. The molecule has 0 bridgehead atoms. The second kappa shape index (κ2) is 33.1. The van der Waals surface area contributed by atoms with E-state index in [0.29, 0.717) is 19.3 Å². The third kappa shape index (κ3) is 27.0. The molecule has 0 aromatic heterocycles. The van der Waals surface area contributed by atoms with Crippen molar-refractivity contribution in [3.8, 4) is 0 Å². The summed E-state index contributed by atoms with van der Waals surface area (Å²) >= 11 is 0. The van der Waals surface area contributed by atoms with Gasteiger partial charge in [0.05, 0.1) is 0 Å². The van der Waals surface area contributed by atoms with Crippen LogP contribution in [0.25, 0.3) is 0 Å². The van der Waals surface area contributed by atoms with Crippen LogP contribution in [0, 0.1) is 0 Å². The molecule has 44 heavy (non-hydrogen) atoms. The Kier molecular flexibility index (Phi) is 32.1. The van der Waals surface area contributed by atoms with Crippen LogP contribution in [-0.4, -0.2) is 17.4 Å². The van der Waals surface area contributed by atoms with Crippen LogP contribution in [0.2, 0.25) is 0 Å². The van der Waals surface area contributed by atoms with Crippen molar-refractivity contribution in [1.82, 2.24) is 5.32 Å². The zero-order valence-electron chi connectivity index (χ0n) is 30.2. The van der Waals surface area contributed by atoms with Crippen molar-refractivity contribution in [2.45, 2.75) is 232 Å². The largest absolute Gasteiger partial charge is 0.368 e. The zero-order valence-corrected chi connectivity index (χ0v) is 30.2. The highest BCUT2D eigenvalue weighted by Gasteiger charge is 2.35. The summed E-state index contributed by atoms with van der Waals surface area (Å²) in [6.45, 7) is 6.52. The first-order valence-electron chi connectivity index (χ1n) is 19.8. The predicted octanol–water partition coefficient (Wildman–Crippen LogP) is 12.4. The molecule has 0 heterocycles. The minimum Gasteiger partial charge on any atom is -0.368 e. The molecule has 0 aliphatic rings. The van der Waals surface area contributed by atoms with Gasteiger partial charge in [0.2, 0.25) is 11.8 Å². The van der Waals surface area contributed by atoms with E-state index < -0.39 is 5.54 Å². The minimum absolute atomic E-state index is 0.00869. The van der Waals surface area contributed by atoms with Gasteiger partial charge in [-0.3, -0.25) is 9.59 Å².